The van der Waals surface area contributed by atoms with Gasteiger partial charge in [0.2, 0.25) is 5.91 Å². The van der Waals surface area contributed by atoms with Crippen LogP contribution in [0.2, 0.25) is 0 Å². The standard InChI is InChI=1S/C21H21FN2O3/c22-18-9-3-1-6-15(18)11-12-20(25)24-19-10-4-2-8-17(19)21(26)23-14-16-7-5-13-27-16/h1-4,6,8-12,16H,5,7,13-14H2,(H,23,26)(H,24,25)/b12-11+. The summed E-state index contributed by atoms with van der Waals surface area (Å²) in [5, 5.41) is 5.51. The molecule has 0 aromatic heterocycles. The summed E-state index contributed by atoms with van der Waals surface area (Å²) in [6.07, 6.45) is 4.60. The Morgan fingerprint density at radius 3 is 2.70 bits per heavy atom. The van der Waals surface area contributed by atoms with Gasteiger partial charge in [-0.2, -0.15) is 0 Å². The molecule has 1 heterocycles. The first-order valence-corrected chi connectivity index (χ1v) is 8.86. The molecule has 1 aliphatic rings. The van der Waals surface area contributed by atoms with Crippen LogP contribution in [0.15, 0.2) is 54.6 Å². The lowest BCUT2D eigenvalue weighted by molar-refractivity contribution is -0.111. The van der Waals surface area contributed by atoms with E-state index in [1.54, 1.807) is 42.5 Å². The van der Waals surface area contributed by atoms with Crippen molar-refractivity contribution in [3.63, 3.8) is 0 Å². The predicted molar refractivity (Wildman–Crippen MR) is 102 cm³/mol. The highest BCUT2D eigenvalue weighted by Crippen LogP contribution is 2.16. The van der Waals surface area contributed by atoms with Gasteiger partial charge in [0.15, 0.2) is 0 Å². The average molecular weight is 368 g/mol. The van der Waals surface area contributed by atoms with Crippen molar-refractivity contribution in [3.05, 3.63) is 71.6 Å². The second kappa shape index (κ2) is 9.09. The molecule has 3 rings (SSSR count). The van der Waals surface area contributed by atoms with E-state index in [0.717, 1.165) is 19.4 Å². The number of carbonyl (C=O) groups excluding carboxylic acids is 2. The van der Waals surface area contributed by atoms with Gasteiger partial charge in [0.05, 0.1) is 17.4 Å². The lowest BCUT2D eigenvalue weighted by atomic mass is 10.1. The quantitative estimate of drug-likeness (QED) is 0.768. The van der Waals surface area contributed by atoms with Crippen molar-refractivity contribution in [2.24, 2.45) is 0 Å². The van der Waals surface area contributed by atoms with Crippen LogP contribution in [-0.2, 0) is 9.53 Å². The van der Waals surface area contributed by atoms with Crippen LogP contribution >= 0.6 is 0 Å². The fourth-order valence-electron chi connectivity index (χ4n) is 2.85. The predicted octanol–water partition coefficient (Wildman–Crippen LogP) is 3.39. The number of benzene rings is 2. The number of halogens is 1. The molecule has 0 saturated carbocycles. The Balaban J connectivity index is 1.63. The summed E-state index contributed by atoms with van der Waals surface area (Å²) in [7, 11) is 0. The van der Waals surface area contributed by atoms with Gasteiger partial charge in [-0.15, -0.1) is 0 Å². The van der Waals surface area contributed by atoms with Crippen LogP contribution in [0.3, 0.4) is 0 Å². The van der Waals surface area contributed by atoms with Crippen LogP contribution in [0, 0.1) is 5.82 Å². The maximum atomic E-state index is 13.6. The van der Waals surface area contributed by atoms with Gasteiger partial charge in [-0.25, -0.2) is 4.39 Å². The number of nitrogens with one attached hydrogen (secondary N) is 2. The molecule has 6 heteroatoms. The van der Waals surface area contributed by atoms with Crippen molar-refractivity contribution in [1.82, 2.24) is 5.32 Å². The first-order chi connectivity index (χ1) is 13.1. The van der Waals surface area contributed by atoms with Gasteiger partial charge in [-0.05, 0) is 37.1 Å². The van der Waals surface area contributed by atoms with Crippen molar-refractivity contribution in [1.29, 1.82) is 0 Å². The average Bonchev–Trinajstić information content (AvgIpc) is 3.19. The molecule has 2 aromatic rings. The van der Waals surface area contributed by atoms with E-state index in [-0.39, 0.29) is 12.0 Å². The van der Waals surface area contributed by atoms with E-state index in [0.29, 0.717) is 23.4 Å². The van der Waals surface area contributed by atoms with Crippen molar-refractivity contribution in [2.45, 2.75) is 18.9 Å². The molecule has 1 atom stereocenters. The third kappa shape index (κ3) is 5.24. The van der Waals surface area contributed by atoms with Gasteiger partial charge in [0.25, 0.3) is 5.91 Å². The molecule has 27 heavy (non-hydrogen) atoms. The summed E-state index contributed by atoms with van der Waals surface area (Å²) in [5.74, 6) is -1.13. The Labute approximate surface area is 157 Å². The Kier molecular flexibility index (Phi) is 6.33. The number of hydrogen-bond acceptors (Lipinski definition) is 3. The molecule has 2 amide bonds. The molecule has 140 valence electrons. The number of rotatable bonds is 6. The summed E-state index contributed by atoms with van der Waals surface area (Å²) < 4.78 is 19.1. The lowest BCUT2D eigenvalue weighted by Crippen LogP contribution is -2.32. The summed E-state index contributed by atoms with van der Waals surface area (Å²) in [6, 6.07) is 12.9. The van der Waals surface area contributed by atoms with Crippen LogP contribution in [-0.4, -0.2) is 31.1 Å². The lowest BCUT2D eigenvalue weighted by Gasteiger charge is -2.13. The molecule has 0 aliphatic carbocycles. The van der Waals surface area contributed by atoms with E-state index in [2.05, 4.69) is 10.6 Å². The van der Waals surface area contributed by atoms with Crippen LogP contribution in [0.5, 0.6) is 0 Å². The van der Waals surface area contributed by atoms with Crippen LogP contribution < -0.4 is 10.6 Å². The van der Waals surface area contributed by atoms with Crippen LogP contribution in [0.25, 0.3) is 6.08 Å². The third-order valence-electron chi connectivity index (χ3n) is 4.26. The zero-order valence-electron chi connectivity index (χ0n) is 14.8. The monoisotopic (exact) mass is 368 g/mol. The zero-order valence-corrected chi connectivity index (χ0v) is 14.8. The SMILES string of the molecule is O=C(/C=C/c1ccccc1F)Nc1ccccc1C(=O)NCC1CCCO1. The summed E-state index contributed by atoms with van der Waals surface area (Å²) in [4.78, 5) is 24.6. The molecule has 0 bridgehead atoms. The molecule has 2 N–H and O–H groups in total. The molecule has 1 unspecified atom stereocenters. The van der Waals surface area contributed by atoms with Crippen molar-refractivity contribution < 1.29 is 18.7 Å². The van der Waals surface area contributed by atoms with Crippen molar-refractivity contribution >= 4 is 23.6 Å². The molecular weight excluding hydrogens is 347 g/mol. The number of anilines is 1. The molecular formula is C21H21FN2O3. The van der Waals surface area contributed by atoms with E-state index < -0.39 is 11.7 Å². The maximum Gasteiger partial charge on any atom is 0.253 e. The fraction of sp³-hybridized carbons (Fsp3) is 0.238. The van der Waals surface area contributed by atoms with E-state index in [9.17, 15) is 14.0 Å². The molecule has 5 nitrogen and oxygen atoms in total. The summed E-state index contributed by atoms with van der Waals surface area (Å²) >= 11 is 0. The highest BCUT2D eigenvalue weighted by Gasteiger charge is 2.18. The van der Waals surface area contributed by atoms with E-state index in [4.69, 9.17) is 4.74 Å². The summed E-state index contributed by atoms with van der Waals surface area (Å²) in [5.41, 5.74) is 1.07. The maximum absolute atomic E-state index is 13.6. The molecule has 1 saturated heterocycles. The Bertz CT molecular complexity index is 845. The fourth-order valence-corrected chi connectivity index (χ4v) is 2.85. The first kappa shape index (κ1) is 18.8. The smallest absolute Gasteiger partial charge is 0.253 e. The van der Waals surface area contributed by atoms with Crippen molar-refractivity contribution in [2.75, 3.05) is 18.5 Å². The Morgan fingerprint density at radius 1 is 1.15 bits per heavy atom. The Morgan fingerprint density at radius 2 is 1.93 bits per heavy atom. The normalized spacial score (nSPS) is 16.4. The highest BCUT2D eigenvalue weighted by molar-refractivity contribution is 6.07. The van der Waals surface area contributed by atoms with Gasteiger partial charge >= 0.3 is 0 Å². The molecule has 1 aliphatic heterocycles. The van der Waals surface area contributed by atoms with E-state index >= 15 is 0 Å². The third-order valence-corrected chi connectivity index (χ3v) is 4.26. The number of hydrogen-bond donors (Lipinski definition) is 2. The zero-order chi connectivity index (χ0) is 19.1. The highest BCUT2D eigenvalue weighted by atomic mass is 19.1. The second-order valence-electron chi connectivity index (χ2n) is 6.23. The van der Waals surface area contributed by atoms with Crippen LogP contribution in [0.1, 0.15) is 28.8 Å². The van der Waals surface area contributed by atoms with Gasteiger partial charge < -0.3 is 15.4 Å². The number of para-hydroxylation sites is 1. The van der Waals surface area contributed by atoms with Gasteiger partial charge in [0, 0.05) is 24.8 Å². The summed E-state index contributed by atoms with van der Waals surface area (Å²) in [6.45, 7) is 1.16. The van der Waals surface area contributed by atoms with E-state index in [1.807, 2.05) is 0 Å². The minimum Gasteiger partial charge on any atom is -0.376 e. The molecule has 1 fully saturated rings. The largest absolute Gasteiger partial charge is 0.376 e. The Hall–Kier alpha value is -2.99. The van der Waals surface area contributed by atoms with Crippen molar-refractivity contribution in [3.8, 4) is 0 Å². The van der Waals surface area contributed by atoms with Gasteiger partial charge in [-0.3, -0.25) is 9.59 Å². The second-order valence-corrected chi connectivity index (χ2v) is 6.23. The number of ether oxygens (including phenoxy) is 1. The minimum absolute atomic E-state index is 0.0411. The molecule has 2 aromatic carbocycles. The van der Waals surface area contributed by atoms with Gasteiger partial charge in [-0.1, -0.05) is 30.3 Å². The molecule has 0 spiro atoms. The van der Waals surface area contributed by atoms with E-state index in [1.165, 1.54) is 18.2 Å². The molecule has 0 radical (unpaired) electrons. The van der Waals surface area contributed by atoms with Crippen LogP contribution in [0.4, 0.5) is 10.1 Å². The number of carbonyl (C=O) groups is 2. The number of amides is 2. The van der Waals surface area contributed by atoms with Gasteiger partial charge in [0.1, 0.15) is 5.82 Å². The first-order valence-electron chi connectivity index (χ1n) is 8.86. The topological polar surface area (TPSA) is 67.4 Å². The minimum atomic E-state index is -0.447.